The topological polar surface area (TPSA) is 79.3 Å². The molecular weight excluding hydrogens is 244 g/mol. The number of aliphatic carboxylic acids is 1. The third-order valence-corrected chi connectivity index (χ3v) is 2.57. The van der Waals surface area contributed by atoms with Gasteiger partial charge >= 0.3 is 5.97 Å². The van der Waals surface area contributed by atoms with Gasteiger partial charge in [-0.3, -0.25) is 9.78 Å². The molecule has 0 saturated heterocycles. The van der Waals surface area contributed by atoms with E-state index in [0.29, 0.717) is 6.42 Å². The Hall–Kier alpha value is -2.17. The number of carboxylic acids is 1. The fraction of sp³-hybridized carbons (Fsp3) is 0.357. The van der Waals surface area contributed by atoms with Gasteiger partial charge in [-0.15, -0.1) is 0 Å². The fourth-order valence-corrected chi connectivity index (χ4v) is 1.53. The first kappa shape index (κ1) is 14.9. The Balaban J connectivity index is 2.53. The van der Waals surface area contributed by atoms with Gasteiger partial charge in [-0.25, -0.2) is 4.79 Å². The van der Waals surface area contributed by atoms with Crippen LogP contribution < -0.4 is 5.32 Å². The van der Waals surface area contributed by atoms with Crippen LogP contribution in [-0.4, -0.2) is 28.0 Å². The Morgan fingerprint density at radius 3 is 2.89 bits per heavy atom. The molecule has 0 spiro atoms. The van der Waals surface area contributed by atoms with Crippen LogP contribution in [0, 0.1) is 0 Å². The molecule has 102 valence electrons. The molecule has 5 heteroatoms. The van der Waals surface area contributed by atoms with E-state index in [1.54, 1.807) is 24.5 Å². The molecule has 1 aromatic heterocycles. The first-order valence-corrected chi connectivity index (χ1v) is 6.25. The summed E-state index contributed by atoms with van der Waals surface area (Å²) in [5.41, 5.74) is 0.790. The van der Waals surface area contributed by atoms with Gasteiger partial charge in [0.2, 0.25) is 5.91 Å². The van der Waals surface area contributed by atoms with Gasteiger partial charge in [0.15, 0.2) is 0 Å². The van der Waals surface area contributed by atoms with Crippen LogP contribution in [0.15, 0.2) is 30.6 Å². The van der Waals surface area contributed by atoms with Crippen LogP contribution in [0.2, 0.25) is 0 Å². The monoisotopic (exact) mass is 262 g/mol. The summed E-state index contributed by atoms with van der Waals surface area (Å²) >= 11 is 0. The summed E-state index contributed by atoms with van der Waals surface area (Å²) < 4.78 is 0. The summed E-state index contributed by atoms with van der Waals surface area (Å²) in [4.78, 5) is 26.5. The lowest BCUT2D eigenvalue weighted by molar-refractivity contribution is -0.141. The number of unbranched alkanes of at least 4 members (excludes halogenated alkanes) is 1. The number of rotatable bonds is 7. The van der Waals surface area contributed by atoms with Crippen molar-refractivity contribution in [2.24, 2.45) is 0 Å². The van der Waals surface area contributed by atoms with Crippen LogP contribution in [0.1, 0.15) is 31.7 Å². The van der Waals surface area contributed by atoms with Gasteiger partial charge in [0, 0.05) is 18.5 Å². The van der Waals surface area contributed by atoms with Crippen molar-refractivity contribution in [3.05, 3.63) is 36.2 Å². The van der Waals surface area contributed by atoms with E-state index in [1.807, 2.05) is 13.0 Å². The van der Waals surface area contributed by atoms with Gasteiger partial charge in [0.05, 0.1) is 0 Å². The average Bonchev–Trinajstić information content (AvgIpc) is 2.42. The van der Waals surface area contributed by atoms with Gasteiger partial charge in [0.1, 0.15) is 6.04 Å². The van der Waals surface area contributed by atoms with Crippen molar-refractivity contribution in [1.82, 2.24) is 10.3 Å². The molecule has 0 saturated carbocycles. The van der Waals surface area contributed by atoms with Gasteiger partial charge in [-0.1, -0.05) is 25.8 Å². The molecule has 1 amide bonds. The van der Waals surface area contributed by atoms with Crippen molar-refractivity contribution in [3.8, 4) is 0 Å². The minimum absolute atomic E-state index is 0.410. The van der Waals surface area contributed by atoms with E-state index in [-0.39, 0.29) is 0 Å². The smallest absolute Gasteiger partial charge is 0.326 e. The van der Waals surface area contributed by atoms with E-state index >= 15 is 0 Å². The normalized spacial score (nSPS) is 12.3. The van der Waals surface area contributed by atoms with E-state index in [0.717, 1.165) is 18.4 Å². The summed E-state index contributed by atoms with van der Waals surface area (Å²) in [6.07, 6.45) is 8.28. The predicted molar refractivity (Wildman–Crippen MR) is 72.4 cm³/mol. The number of carbonyl (C=O) groups excluding carboxylic acids is 1. The van der Waals surface area contributed by atoms with Gasteiger partial charge < -0.3 is 10.4 Å². The molecule has 2 N–H and O–H groups in total. The Labute approximate surface area is 112 Å². The highest BCUT2D eigenvalue weighted by Gasteiger charge is 2.17. The third kappa shape index (κ3) is 5.81. The molecule has 0 aliphatic rings. The number of pyridine rings is 1. The summed E-state index contributed by atoms with van der Waals surface area (Å²) in [7, 11) is 0. The van der Waals surface area contributed by atoms with Crippen LogP contribution in [0.4, 0.5) is 0 Å². The van der Waals surface area contributed by atoms with E-state index < -0.39 is 17.9 Å². The van der Waals surface area contributed by atoms with E-state index in [1.165, 1.54) is 6.08 Å². The SMILES string of the molecule is CCCCC(NC(=O)/C=C/c1cccnc1)C(=O)O. The summed E-state index contributed by atoms with van der Waals surface area (Å²) in [6, 6.07) is 2.74. The lowest BCUT2D eigenvalue weighted by Crippen LogP contribution is -2.39. The number of aromatic nitrogens is 1. The fourth-order valence-electron chi connectivity index (χ4n) is 1.53. The summed E-state index contributed by atoms with van der Waals surface area (Å²) in [5, 5.41) is 11.5. The quantitative estimate of drug-likeness (QED) is 0.735. The minimum Gasteiger partial charge on any atom is -0.480 e. The number of nitrogens with zero attached hydrogens (tertiary/aromatic N) is 1. The Kier molecular flexibility index (Phi) is 6.29. The lowest BCUT2D eigenvalue weighted by atomic mass is 10.1. The molecule has 19 heavy (non-hydrogen) atoms. The molecule has 0 aliphatic carbocycles. The Morgan fingerprint density at radius 2 is 2.32 bits per heavy atom. The van der Waals surface area contributed by atoms with Crippen molar-refractivity contribution in [2.45, 2.75) is 32.2 Å². The zero-order valence-electron chi connectivity index (χ0n) is 10.9. The first-order chi connectivity index (χ1) is 9.13. The zero-order chi connectivity index (χ0) is 14.1. The maximum Gasteiger partial charge on any atom is 0.326 e. The van der Waals surface area contributed by atoms with Crippen molar-refractivity contribution in [2.75, 3.05) is 0 Å². The third-order valence-electron chi connectivity index (χ3n) is 2.57. The molecule has 1 aromatic rings. The Morgan fingerprint density at radius 1 is 1.53 bits per heavy atom. The standard InChI is InChI=1S/C14H18N2O3/c1-2-3-6-12(14(18)19)16-13(17)8-7-11-5-4-9-15-10-11/h4-5,7-10,12H,2-3,6H2,1H3,(H,16,17)(H,18,19)/b8-7+. The first-order valence-electron chi connectivity index (χ1n) is 6.25. The van der Waals surface area contributed by atoms with Crippen LogP contribution >= 0.6 is 0 Å². The molecule has 1 rings (SSSR count). The molecule has 1 heterocycles. The molecule has 0 aromatic carbocycles. The van der Waals surface area contributed by atoms with E-state index in [9.17, 15) is 9.59 Å². The zero-order valence-corrected chi connectivity index (χ0v) is 10.9. The van der Waals surface area contributed by atoms with Crippen LogP contribution in [0.3, 0.4) is 0 Å². The minimum atomic E-state index is -1.00. The highest BCUT2D eigenvalue weighted by Crippen LogP contribution is 2.02. The molecule has 1 atom stereocenters. The highest BCUT2D eigenvalue weighted by molar-refractivity contribution is 5.94. The number of carboxylic acid groups (broad SMARTS) is 1. The van der Waals surface area contributed by atoms with Crippen molar-refractivity contribution >= 4 is 18.0 Å². The maximum atomic E-state index is 11.6. The van der Waals surface area contributed by atoms with Gasteiger partial charge in [-0.2, -0.15) is 0 Å². The van der Waals surface area contributed by atoms with E-state index in [4.69, 9.17) is 5.11 Å². The molecule has 0 aliphatic heterocycles. The molecule has 1 unspecified atom stereocenters. The van der Waals surface area contributed by atoms with Crippen LogP contribution in [0.25, 0.3) is 6.08 Å². The molecule has 5 nitrogen and oxygen atoms in total. The van der Waals surface area contributed by atoms with Gasteiger partial charge in [-0.05, 0) is 24.1 Å². The average molecular weight is 262 g/mol. The second kappa shape index (κ2) is 8.02. The second-order valence-corrected chi connectivity index (χ2v) is 4.16. The number of nitrogens with one attached hydrogen (secondary N) is 1. The number of carbonyl (C=O) groups is 2. The lowest BCUT2D eigenvalue weighted by Gasteiger charge is -2.12. The molecule has 0 fully saturated rings. The number of hydrogen-bond donors (Lipinski definition) is 2. The highest BCUT2D eigenvalue weighted by atomic mass is 16.4. The van der Waals surface area contributed by atoms with Crippen molar-refractivity contribution in [3.63, 3.8) is 0 Å². The Bertz CT molecular complexity index is 443. The van der Waals surface area contributed by atoms with Crippen molar-refractivity contribution < 1.29 is 14.7 Å². The molecule has 0 bridgehead atoms. The predicted octanol–water partition coefficient (Wildman–Crippen LogP) is 1.85. The second-order valence-electron chi connectivity index (χ2n) is 4.16. The van der Waals surface area contributed by atoms with E-state index in [2.05, 4.69) is 10.3 Å². The maximum absolute atomic E-state index is 11.6. The van der Waals surface area contributed by atoms with Crippen LogP contribution in [-0.2, 0) is 9.59 Å². The summed E-state index contributed by atoms with van der Waals surface area (Å²) in [6.45, 7) is 1.98. The largest absolute Gasteiger partial charge is 0.480 e. The summed E-state index contributed by atoms with van der Waals surface area (Å²) in [5.74, 6) is -1.41. The van der Waals surface area contributed by atoms with Crippen molar-refractivity contribution in [1.29, 1.82) is 0 Å². The molecular formula is C14H18N2O3. The number of amides is 1. The molecule has 0 radical (unpaired) electrons. The number of hydrogen-bond acceptors (Lipinski definition) is 3. The van der Waals surface area contributed by atoms with Gasteiger partial charge in [0.25, 0.3) is 0 Å². The van der Waals surface area contributed by atoms with Crippen LogP contribution in [0.5, 0.6) is 0 Å².